The number of hydrogen-bond donors (Lipinski definition) is 1. The minimum atomic E-state index is -0.0891. The van der Waals surface area contributed by atoms with Crippen molar-refractivity contribution in [1.29, 1.82) is 0 Å². The molecule has 0 spiro atoms. The highest BCUT2D eigenvalue weighted by Crippen LogP contribution is 2.14. The normalized spacial score (nSPS) is 20.7. The maximum absolute atomic E-state index is 11.4. The Bertz CT molecular complexity index is 191. The van der Waals surface area contributed by atoms with E-state index in [1.54, 1.807) is 0 Å². The van der Waals surface area contributed by atoms with Gasteiger partial charge in [0.25, 0.3) is 0 Å². The van der Waals surface area contributed by atoms with Crippen molar-refractivity contribution < 1.29 is 14.3 Å². The smallest absolute Gasteiger partial charge is 0.306 e. The molecule has 0 radical (unpaired) electrons. The Morgan fingerprint density at radius 1 is 1.38 bits per heavy atom. The van der Waals surface area contributed by atoms with Gasteiger partial charge in [-0.05, 0) is 38.3 Å². The summed E-state index contributed by atoms with van der Waals surface area (Å²) in [7, 11) is 0. The molecule has 0 saturated carbocycles. The second-order valence-electron chi connectivity index (χ2n) is 4.25. The molecule has 0 bridgehead atoms. The molecular formula is C12H23NO3. The molecule has 1 heterocycles. The molecule has 1 aliphatic heterocycles. The first-order valence-electron chi connectivity index (χ1n) is 6.27. The zero-order chi connectivity index (χ0) is 11.6. The van der Waals surface area contributed by atoms with Gasteiger partial charge in [0.05, 0.1) is 6.61 Å². The first-order chi connectivity index (χ1) is 7.83. The average Bonchev–Trinajstić information content (AvgIpc) is 2.30. The average molecular weight is 229 g/mol. The number of carbonyl (C=O) groups is 1. The maximum Gasteiger partial charge on any atom is 0.306 e. The van der Waals surface area contributed by atoms with Crippen molar-refractivity contribution in [2.45, 2.75) is 32.6 Å². The van der Waals surface area contributed by atoms with Crippen molar-refractivity contribution in [2.24, 2.45) is 5.92 Å². The van der Waals surface area contributed by atoms with Gasteiger partial charge in [-0.25, -0.2) is 0 Å². The lowest BCUT2D eigenvalue weighted by Gasteiger charge is -2.21. The Kier molecular flexibility index (Phi) is 7.17. The Labute approximate surface area is 97.7 Å². The lowest BCUT2D eigenvalue weighted by molar-refractivity contribution is -0.146. The molecule has 4 heteroatoms. The van der Waals surface area contributed by atoms with E-state index in [0.29, 0.717) is 25.6 Å². The molecule has 16 heavy (non-hydrogen) atoms. The fraction of sp³-hybridized carbons (Fsp3) is 0.917. The van der Waals surface area contributed by atoms with E-state index in [0.717, 1.165) is 39.0 Å². The molecule has 0 aromatic carbocycles. The van der Waals surface area contributed by atoms with Crippen LogP contribution in [0.1, 0.15) is 32.6 Å². The van der Waals surface area contributed by atoms with Crippen molar-refractivity contribution >= 4 is 5.97 Å². The van der Waals surface area contributed by atoms with Crippen LogP contribution in [0.15, 0.2) is 0 Å². The van der Waals surface area contributed by atoms with Gasteiger partial charge in [0.1, 0.15) is 6.61 Å². The van der Waals surface area contributed by atoms with Crippen molar-refractivity contribution in [2.75, 3.05) is 32.9 Å². The van der Waals surface area contributed by atoms with Gasteiger partial charge in [-0.1, -0.05) is 6.92 Å². The van der Waals surface area contributed by atoms with E-state index in [4.69, 9.17) is 9.47 Å². The molecule has 0 aromatic heterocycles. The Hall–Kier alpha value is -0.610. The monoisotopic (exact) mass is 229 g/mol. The molecular weight excluding hydrogens is 206 g/mol. The highest BCUT2D eigenvalue weighted by atomic mass is 16.6. The van der Waals surface area contributed by atoms with Crippen LogP contribution in [0.4, 0.5) is 0 Å². The highest BCUT2D eigenvalue weighted by molar-refractivity contribution is 5.69. The third kappa shape index (κ3) is 6.08. The topological polar surface area (TPSA) is 47.6 Å². The van der Waals surface area contributed by atoms with E-state index in [2.05, 4.69) is 12.2 Å². The molecule has 1 aliphatic rings. The Morgan fingerprint density at radius 2 is 2.25 bits per heavy atom. The van der Waals surface area contributed by atoms with Gasteiger partial charge in [0.15, 0.2) is 0 Å². The maximum atomic E-state index is 11.4. The summed E-state index contributed by atoms with van der Waals surface area (Å²) in [6.45, 7) is 5.73. The molecule has 1 saturated heterocycles. The molecule has 0 aliphatic carbocycles. The van der Waals surface area contributed by atoms with Crippen LogP contribution in [0.2, 0.25) is 0 Å². The van der Waals surface area contributed by atoms with Gasteiger partial charge < -0.3 is 14.8 Å². The standard InChI is InChI=1S/C12H23NO3/c1-2-6-15-7-8-16-12(14)9-11-4-3-5-13-10-11/h11,13H,2-10H2,1H3. The van der Waals surface area contributed by atoms with Gasteiger partial charge in [0, 0.05) is 13.0 Å². The zero-order valence-electron chi connectivity index (χ0n) is 10.2. The number of ether oxygens (including phenoxy) is 2. The number of carbonyl (C=O) groups excluding carboxylic acids is 1. The summed E-state index contributed by atoms with van der Waals surface area (Å²) in [6.07, 6.45) is 3.84. The number of esters is 1. The van der Waals surface area contributed by atoms with Crippen LogP contribution < -0.4 is 5.32 Å². The van der Waals surface area contributed by atoms with Crippen LogP contribution >= 0.6 is 0 Å². The van der Waals surface area contributed by atoms with E-state index >= 15 is 0 Å². The summed E-state index contributed by atoms with van der Waals surface area (Å²) in [4.78, 5) is 11.4. The number of piperidine rings is 1. The third-order valence-electron chi connectivity index (χ3n) is 2.69. The van der Waals surface area contributed by atoms with Crippen LogP contribution in [0.5, 0.6) is 0 Å². The van der Waals surface area contributed by atoms with Crippen LogP contribution in [-0.4, -0.2) is 38.9 Å². The zero-order valence-corrected chi connectivity index (χ0v) is 10.2. The van der Waals surface area contributed by atoms with Crippen LogP contribution in [0.25, 0.3) is 0 Å². The van der Waals surface area contributed by atoms with E-state index in [-0.39, 0.29) is 5.97 Å². The molecule has 0 aromatic rings. The van der Waals surface area contributed by atoms with Gasteiger partial charge in [-0.3, -0.25) is 4.79 Å². The van der Waals surface area contributed by atoms with Gasteiger partial charge in [0.2, 0.25) is 0 Å². The SMILES string of the molecule is CCCOCCOC(=O)CC1CCCNC1. The van der Waals surface area contributed by atoms with E-state index in [1.807, 2.05) is 0 Å². The van der Waals surface area contributed by atoms with Crippen molar-refractivity contribution in [1.82, 2.24) is 5.32 Å². The molecule has 94 valence electrons. The lowest BCUT2D eigenvalue weighted by atomic mass is 9.96. The van der Waals surface area contributed by atoms with Crippen molar-refractivity contribution in [3.63, 3.8) is 0 Å². The molecule has 1 rings (SSSR count). The molecule has 1 fully saturated rings. The van der Waals surface area contributed by atoms with E-state index in [1.165, 1.54) is 0 Å². The second kappa shape index (κ2) is 8.53. The molecule has 1 atom stereocenters. The summed E-state index contributed by atoms with van der Waals surface area (Å²) in [5.41, 5.74) is 0. The summed E-state index contributed by atoms with van der Waals surface area (Å²) >= 11 is 0. The van der Waals surface area contributed by atoms with E-state index < -0.39 is 0 Å². The highest BCUT2D eigenvalue weighted by Gasteiger charge is 2.17. The lowest BCUT2D eigenvalue weighted by Crippen LogP contribution is -2.31. The predicted octanol–water partition coefficient (Wildman–Crippen LogP) is 1.35. The second-order valence-corrected chi connectivity index (χ2v) is 4.25. The van der Waals surface area contributed by atoms with E-state index in [9.17, 15) is 4.79 Å². The molecule has 1 unspecified atom stereocenters. The van der Waals surface area contributed by atoms with Crippen molar-refractivity contribution in [3.8, 4) is 0 Å². The first-order valence-corrected chi connectivity index (χ1v) is 6.27. The summed E-state index contributed by atoms with van der Waals surface area (Å²) in [5.74, 6) is 0.367. The fourth-order valence-corrected chi connectivity index (χ4v) is 1.85. The van der Waals surface area contributed by atoms with Crippen LogP contribution in [0.3, 0.4) is 0 Å². The van der Waals surface area contributed by atoms with Gasteiger partial charge in [-0.15, -0.1) is 0 Å². The summed E-state index contributed by atoms with van der Waals surface area (Å²) in [5, 5.41) is 3.29. The minimum Gasteiger partial charge on any atom is -0.463 e. The van der Waals surface area contributed by atoms with Gasteiger partial charge in [-0.2, -0.15) is 0 Å². The number of nitrogens with one attached hydrogen (secondary N) is 1. The Balaban J connectivity index is 1.97. The van der Waals surface area contributed by atoms with Gasteiger partial charge >= 0.3 is 5.97 Å². The van der Waals surface area contributed by atoms with Crippen molar-refractivity contribution in [3.05, 3.63) is 0 Å². The fourth-order valence-electron chi connectivity index (χ4n) is 1.85. The largest absolute Gasteiger partial charge is 0.463 e. The molecule has 4 nitrogen and oxygen atoms in total. The first kappa shape index (κ1) is 13.5. The minimum absolute atomic E-state index is 0.0891. The number of rotatable bonds is 7. The molecule has 0 amide bonds. The summed E-state index contributed by atoms with van der Waals surface area (Å²) < 4.78 is 10.3. The number of hydrogen-bond acceptors (Lipinski definition) is 4. The quantitative estimate of drug-likeness (QED) is 0.529. The predicted molar refractivity (Wildman–Crippen MR) is 62.3 cm³/mol. The molecule has 1 N–H and O–H groups in total. The van der Waals surface area contributed by atoms with Crippen LogP contribution in [-0.2, 0) is 14.3 Å². The summed E-state index contributed by atoms with van der Waals surface area (Å²) in [6, 6.07) is 0. The Morgan fingerprint density at radius 3 is 2.94 bits per heavy atom. The third-order valence-corrected chi connectivity index (χ3v) is 2.69. The van der Waals surface area contributed by atoms with Crippen LogP contribution in [0, 0.1) is 5.92 Å².